The van der Waals surface area contributed by atoms with E-state index in [2.05, 4.69) is 4.98 Å². The first kappa shape index (κ1) is 18.5. The number of nitrogens with two attached hydrogens (primary N) is 1. The molecule has 1 aromatic heterocycles. The average Bonchev–Trinajstić information content (AvgIpc) is 3.16. The predicted molar refractivity (Wildman–Crippen MR) is 86.1 cm³/mol. The molecule has 1 saturated carbocycles. The number of nitrogens with zero attached hydrogens (tertiary/aromatic N) is 2. The van der Waals surface area contributed by atoms with Gasteiger partial charge in [-0.25, -0.2) is 4.98 Å². The first-order valence-electron chi connectivity index (χ1n) is 6.35. The minimum absolute atomic E-state index is 0. The van der Waals surface area contributed by atoms with Crippen LogP contribution in [0.3, 0.4) is 0 Å². The molecule has 1 heterocycles. The fourth-order valence-electron chi connectivity index (χ4n) is 2.22. The molecule has 2 aromatic rings. The molecule has 11 heteroatoms. The Balaban J connectivity index is 0.00000144. The smallest absolute Gasteiger partial charge is 1.00 e. The molecule has 7 nitrogen and oxygen atoms in total. The molecule has 1 fully saturated rings. The number of hydrogen-bond acceptors (Lipinski definition) is 7. The highest BCUT2D eigenvalue weighted by molar-refractivity contribution is 8.03. The lowest BCUT2D eigenvalue weighted by molar-refractivity contribution is -0.00000987. The quantitative estimate of drug-likeness (QED) is 0.337. The number of thiazole rings is 1. The molecule has 0 spiro atoms. The summed E-state index contributed by atoms with van der Waals surface area (Å²) in [5.41, 5.74) is 7.32. The fraction of sp³-hybridized carbons (Fsp3) is 0.333. The number of halogens is 1. The van der Waals surface area contributed by atoms with Gasteiger partial charge in [-0.15, -0.1) is 0 Å². The van der Waals surface area contributed by atoms with Gasteiger partial charge < -0.3 is 37.2 Å². The number of anilines is 1. The highest BCUT2D eigenvalue weighted by Gasteiger charge is 2.31. The van der Waals surface area contributed by atoms with Gasteiger partial charge in [-0.05, 0) is 42.2 Å². The summed E-state index contributed by atoms with van der Waals surface area (Å²) in [6.07, 6.45) is 1.36. The number of thioether (sulfide) groups is 1. The second-order valence-electron chi connectivity index (χ2n) is 4.92. The van der Waals surface area contributed by atoms with Gasteiger partial charge >= 0.3 is 9.02 Å². The van der Waals surface area contributed by atoms with Crippen LogP contribution in [0.2, 0.25) is 0 Å². The van der Waals surface area contributed by atoms with E-state index >= 15 is 0 Å². The third-order valence-corrected chi connectivity index (χ3v) is 5.21. The molecule has 0 saturated heterocycles. The van der Waals surface area contributed by atoms with Crippen molar-refractivity contribution < 1.29 is 37.5 Å². The lowest BCUT2D eigenvalue weighted by Gasteiger charge is -2.12. The molecule has 1 aliphatic carbocycles. The Morgan fingerprint density at radius 3 is 2.87 bits per heavy atom. The molecule has 1 aliphatic rings. The molecule has 4 N–H and O–H groups in total. The van der Waals surface area contributed by atoms with Crippen LogP contribution >= 0.6 is 30.7 Å². The Kier molecular flexibility index (Phi) is 5.61. The van der Waals surface area contributed by atoms with Crippen molar-refractivity contribution in [3.05, 3.63) is 11.6 Å². The fourth-order valence-corrected chi connectivity index (χ4v) is 4.21. The number of fused-ring (bicyclic) bond motifs is 1. The van der Waals surface area contributed by atoms with Crippen molar-refractivity contribution in [2.24, 2.45) is 0 Å². The number of ether oxygens (including phenoxy) is 1. The molecule has 0 aliphatic heterocycles. The summed E-state index contributed by atoms with van der Waals surface area (Å²) in [5, 5.41) is 11.4. The Morgan fingerprint density at radius 2 is 2.30 bits per heavy atom. The van der Waals surface area contributed by atoms with E-state index in [9.17, 15) is 4.57 Å². The normalized spacial score (nSPS) is 14.3. The van der Waals surface area contributed by atoms with Crippen molar-refractivity contribution in [2.75, 3.05) is 12.1 Å². The van der Waals surface area contributed by atoms with Gasteiger partial charge in [-0.2, -0.15) is 5.26 Å². The van der Waals surface area contributed by atoms with E-state index in [-0.39, 0.29) is 24.2 Å². The van der Waals surface area contributed by atoms with Gasteiger partial charge in [-0.1, -0.05) is 11.3 Å². The van der Waals surface area contributed by atoms with Gasteiger partial charge in [0, 0.05) is 4.90 Å². The minimum atomic E-state index is -4.30. The maximum Gasteiger partial charge on any atom is 1.00 e. The number of rotatable bonds is 5. The van der Waals surface area contributed by atoms with Crippen LogP contribution in [0.5, 0.6) is 5.75 Å². The maximum atomic E-state index is 11.0. The minimum Gasteiger partial charge on any atom is -1.00 e. The van der Waals surface area contributed by atoms with Gasteiger partial charge in [0.15, 0.2) is 11.5 Å². The zero-order valence-corrected chi connectivity index (χ0v) is 15.7. The number of benzene rings is 1. The van der Waals surface area contributed by atoms with E-state index in [0.717, 1.165) is 39.8 Å². The van der Waals surface area contributed by atoms with Crippen LogP contribution in [0.15, 0.2) is 11.0 Å². The Morgan fingerprint density at radius 1 is 1.61 bits per heavy atom. The van der Waals surface area contributed by atoms with Crippen molar-refractivity contribution in [2.45, 2.75) is 23.7 Å². The number of aromatic nitrogens is 1. The van der Waals surface area contributed by atoms with Gasteiger partial charge in [0.2, 0.25) is 0 Å². The van der Waals surface area contributed by atoms with Crippen molar-refractivity contribution >= 4 is 46.0 Å². The molecule has 1 aromatic carbocycles. The highest BCUT2D eigenvalue weighted by atomic mass is 79.9. The van der Waals surface area contributed by atoms with E-state index in [1.54, 1.807) is 6.07 Å². The Bertz CT molecular complexity index is 834. The van der Waals surface area contributed by atoms with Crippen LogP contribution < -0.4 is 27.5 Å². The lowest BCUT2D eigenvalue weighted by atomic mass is 10.1. The van der Waals surface area contributed by atoms with Gasteiger partial charge in [0.1, 0.15) is 16.7 Å². The molecular weight excluding hydrogens is 425 g/mol. The number of nitriles is 1. The SMILES string of the molecule is N#CSc1cc(OCP(=O)(O)O)c2nc(N)sc2c1C1CC1.[Br-].[H+]. The lowest BCUT2D eigenvalue weighted by Crippen LogP contribution is -3.00. The second-order valence-corrected chi connectivity index (χ2v) is 8.37. The van der Waals surface area contributed by atoms with Gasteiger partial charge in [-0.3, -0.25) is 4.57 Å². The third-order valence-electron chi connectivity index (χ3n) is 3.18. The molecule has 124 valence electrons. The molecule has 0 radical (unpaired) electrons. The summed E-state index contributed by atoms with van der Waals surface area (Å²) in [6.45, 7) is 0. The van der Waals surface area contributed by atoms with Gasteiger partial charge in [0.25, 0.3) is 0 Å². The molecule has 0 atom stereocenters. The Hall–Kier alpha value is -0.820. The topological polar surface area (TPSA) is 129 Å². The molecule has 0 amide bonds. The van der Waals surface area contributed by atoms with Crippen LogP contribution in [0.1, 0.15) is 25.7 Å². The van der Waals surface area contributed by atoms with Crippen LogP contribution in [-0.2, 0) is 4.57 Å². The summed E-state index contributed by atoms with van der Waals surface area (Å²) < 4.78 is 17.1. The van der Waals surface area contributed by atoms with E-state index < -0.39 is 13.9 Å². The van der Waals surface area contributed by atoms with Crippen LogP contribution in [0.4, 0.5) is 5.13 Å². The maximum absolute atomic E-state index is 11.0. The summed E-state index contributed by atoms with van der Waals surface area (Å²) in [6, 6.07) is 1.62. The van der Waals surface area contributed by atoms with Gasteiger partial charge in [0.05, 0.1) is 4.70 Å². The van der Waals surface area contributed by atoms with E-state index in [1.807, 2.05) is 5.40 Å². The summed E-state index contributed by atoms with van der Waals surface area (Å²) in [5.74, 6) is 0.627. The van der Waals surface area contributed by atoms with Crippen molar-refractivity contribution in [3.8, 4) is 11.2 Å². The van der Waals surface area contributed by atoms with Crippen LogP contribution in [-0.4, -0.2) is 21.1 Å². The molecule has 0 bridgehead atoms. The molecule has 23 heavy (non-hydrogen) atoms. The Labute approximate surface area is 152 Å². The average molecular weight is 438 g/mol. The van der Waals surface area contributed by atoms with E-state index in [1.165, 1.54) is 11.3 Å². The number of nitrogen functional groups attached to an aromatic ring is 1. The number of thiocyanates is 1. The molecule has 3 rings (SSSR count). The summed E-state index contributed by atoms with van der Waals surface area (Å²) in [7, 11) is -4.30. The van der Waals surface area contributed by atoms with Crippen molar-refractivity contribution in [1.29, 1.82) is 5.26 Å². The van der Waals surface area contributed by atoms with Crippen LogP contribution in [0, 0.1) is 10.7 Å². The summed E-state index contributed by atoms with van der Waals surface area (Å²) >= 11 is 2.32. The van der Waals surface area contributed by atoms with Crippen LogP contribution in [0.25, 0.3) is 10.2 Å². The molecular formula is C12H13BrN3O4PS2. The molecule has 0 unspecified atom stereocenters. The first-order chi connectivity index (χ1) is 10.4. The zero-order valence-electron chi connectivity index (χ0n) is 12.6. The standard InChI is InChI=1S/C12H12N3O4PS2.BrH/c13-4-21-8-3-7(19-5-20(16,17)18)10-11(22-12(14)15-10)9(8)6-1-2-6;/h3,6H,1-2,5H2,(H2,14,15)(H2,16,17,18);1H. The predicted octanol–water partition coefficient (Wildman–Crippen LogP) is -0.0404. The highest BCUT2D eigenvalue weighted by Crippen LogP contribution is 2.51. The third kappa shape index (κ3) is 4.18. The number of hydrogen-bond donors (Lipinski definition) is 3. The zero-order chi connectivity index (χ0) is 15.9. The monoisotopic (exact) mass is 437 g/mol. The second kappa shape index (κ2) is 6.97. The van der Waals surface area contributed by atoms with Crippen molar-refractivity contribution in [1.82, 2.24) is 4.98 Å². The largest absolute Gasteiger partial charge is 1.00 e. The van der Waals surface area contributed by atoms with Crippen molar-refractivity contribution in [3.63, 3.8) is 0 Å². The summed E-state index contributed by atoms with van der Waals surface area (Å²) in [4.78, 5) is 22.9. The van der Waals surface area contributed by atoms with E-state index in [0.29, 0.717) is 16.6 Å². The first-order valence-corrected chi connectivity index (χ1v) is 9.78. The van der Waals surface area contributed by atoms with E-state index in [4.69, 9.17) is 25.5 Å².